The summed E-state index contributed by atoms with van der Waals surface area (Å²) < 4.78 is 0. The molecule has 0 saturated carbocycles. The van der Waals surface area contributed by atoms with Gasteiger partial charge >= 0.3 is 10.9 Å². The molecule has 1 aromatic carbocycles. The Balaban J connectivity index is 3.76. The van der Waals surface area contributed by atoms with Gasteiger partial charge in [0.1, 0.15) is 12.1 Å². The van der Waals surface area contributed by atoms with Gasteiger partial charge in [-0.1, -0.05) is 0 Å². The van der Waals surface area contributed by atoms with Gasteiger partial charge in [-0.15, -0.1) is 0 Å². The van der Waals surface area contributed by atoms with Crippen LogP contribution in [0.4, 0.5) is 5.69 Å². The van der Waals surface area contributed by atoms with Gasteiger partial charge < -0.3 is 0 Å². The van der Waals surface area contributed by atoms with Crippen LogP contribution < -0.4 is 21.9 Å². The zero-order valence-corrected chi connectivity index (χ0v) is 5.18. The number of benzene rings is 1. The monoisotopic (exact) mass is 138 g/mol. The molecule has 0 bridgehead atoms. The first-order valence-corrected chi connectivity index (χ1v) is 2.67. The minimum absolute atomic E-state index is 0.176. The highest BCUT2D eigenvalue weighted by Crippen LogP contribution is 1.74. The van der Waals surface area contributed by atoms with E-state index in [0.717, 1.165) is 6.07 Å². The van der Waals surface area contributed by atoms with Gasteiger partial charge in [0.25, 0.3) is 5.69 Å². The van der Waals surface area contributed by atoms with Crippen molar-refractivity contribution >= 4 is 5.69 Å². The van der Waals surface area contributed by atoms with Gasteiger partial charge in [-0.2, -0.15) is 0 Å². The maximum absolute atomic E-state index is 10.6. The maximum atomic E-state index is 10.6. The highest BCUT2D eigenvalue weighted by molar-refractivity contribution is 5.25. The molecule has 0 atom stereocenters. The van der Waals surface area contributed by atoms with E-state index < -0.39 is 10.9 Å². The molecule has 0 saturated heterocycles. The SMILES string of the molecule is N=c1cc([NH3+])c(=O)[cH+]c1=O. The molecule has 0 aliphatic carbocycles. The van der Waals surface area contributed by atoms with Crippen molar-refractivity contribution in [2.24, 2.45) is 0 Å². The van der Waals surface area contributed by atoms with E-state index in [4.69, 9.17) is 5.41 Å². The summed E-state index contributed by atoms with van der Waals surface area (Å²) in [5.74, 6) is 0. The number of nitrogens with one attached hydrogen (secondary N) is 1. The molecule has 0 fully saturated rings. The Morgan fingerprint density at radius 1 is 1.40 bits per heavy atom. The lowest BCUT2D eigenvalue weighted by Gasteiger charge is -1.70. The van der Waals surface area contributed by atoms with E-state index in [1.54, 1.807) is 0 Å². The predicted molar refractivity (Wildman–Crippen MR) is 34.2 cm³/mol. The predicted octanol–water partition coefficient (Wildman–Crippen LogP) is -2.08. The topological polar surface area (TPSA) is 85.6 Å². The number of hydrogen-bond donors (Lipinski definition) is 2. The smallest absolute Gasteiger partial charge is 0.272 e. The normalized spacial score (nSPS) is 9.70. The Hall–Kier alpha value is -1.42. The quantitative estimate of drug-likeness (QED) is 0.403. The molecular formula is C6H6N2O2+2. The maximum Gasteiger partial charge on any atom is 0.350 e. The largest absolute Gasteiger partial charge is 0.350 e. The van der Waals surface area contributed by atoms with Crippen molar-refractivity contribution in [3.63, 3.8) is 0 Å². The Bertz CT molecular complexity index is 393. The van der Waals surface area contributed by atoms with Crippen LogP contribution in [0.1, 0.15) is 0 Å². The third kappa shape index (κ3) is 0.964. The fourth-order valence-corrected chi connectivity index (χ4v) is 0.606. The van der Waals surface area contributed by atoms with Gasteiger partial charge in [-0.05, 0) is 0 Å². The molecule has 4 heteroatoms. The van der Waals surface area contributed by atoms with Crippen molar-refractivity contribution in [2.45, 2.75) is 0 Å². The molecule has 1 rings (SSSR count). The Kier molecular flexibility index (Phi) is 1.39. The van der Waals surface area contributed by atoms with E-state index in [9.17, 15) is 9.59 Å². The highest BCUT2D eigenvalue weighted by atomic mass is 16.1. The lowest BCUT2D eigenvalue weighted by atomic mass is 10.3. The fourth-order valence-electron chi connectivity index (χ4n) is 0.606. The van der Waals surface area contributed by atoms with Crippen LogP contribution in [0, 0.1) is 5.41 Å². The number of hydrogen-bond acceptors (Lipinski definition) is 3. The molecular weight excluding hydrogens is 132 g/mol. The van der Waals surface area contributed by atoms with Crippen molar-refractivity contribution in [1.82, 2.24) is 0 Å². The van der Waals surface area contributed by atoms with Crippen molar-refractivity contribution < 1.29 is 5.73 Å². The first kappa shape index (κ1) is 6.70. The van der Waals surface area contributed by atoms with Gasteiger partial charge in [0, 0.05) is 0 Å². The van der Waals surface area contributed by atoms with Crippen molar-refractivity contribution in [2.75, 3.05) is 0 Å². The summed E-state index contributed by atoms with van der Waals surface area (Å²) in [4.78, 5) is 21.2. The molecule has 4 nitrogen and oxygen atoms in total. The minimum atomic E-state index is -0.544. The van der Waals surface area contributed by atoms with Crippen LogP contribution in [0.3, 0.4) is 0 Å². The third-order valence-corrected chi connectivity index (χ3v) is 1.16. The van der Waals surface area contributed by atoms with Gasteiger partial charge in [0.2, 0.25) is 5.36 Å². The van der Waals surface area contributed by atoms with E-state index in [-0.39, 0.29) is 11.0 Å². The molecule has 0 amide bonds. The Morgan fingerprint density at radius 3 is 2.50 bits per heavy atom. The van der Waals surface area contributed by atoms with Crippen molar-refractivity contribution in [1.29, 1.82) is 5.41 Å². The van der Waals surface area contributed by atoms with Crippen LogP contribution in [0.5, 0.6) is 0 Å². The molecule has 50 valence electrons. The van der Waals surface area contributed by atoms with Crippen molar-refractivity contribution in [3.05, 3.63) is 37.9 Å². The molecule has 0 radical (unpaired) electrons. The van der Waals surface area contributed by atoms with Gasteiger partial charge in [-0.25, -0.2) is 5.41 Å². The fraction of sp³-hybridized carbons (Fsp3) is 0. The van der Waals surface area contributed by atoms with Crippen LogP contribution in [0.25, 0.3) is 0 Å². The van der Waals surface area contributed by atoms with E-state index >= 15 is 0 Å². The van der Waals surface area contributed by atoms with Gasteiger partial charge in [0.15, 0.2) is 0 Å². The van der Waals surface area contributed by atoms with Crippen LogP contribution in [-0.4, -0.2) is 0 Å². The molecule has 0 heterocycles. The van der Waals surface area contributed by atoms with E-state index in [2.05, 4.69) is 5.73 Å². The Morgan fingerprint density at radius 2 is 2.00 bits per heavy atom. The minimum Gasteiger partial charge on any atom is -0.272 e. The zero-order chi connectivity index (χ0) is 7.72. The number of quaternary nitrogens is 1. The average molecular weight is 138 g/mol. The second kappa shape index (κ2) is 2.07. The van der Waals surface area contributed by atoms with Gasteiger partial charge in [-0.3, -0.25) is 15.3 Å². The molecule has 4 N–H and O–H groups in total. The molecule has 10 heavy (non-hydrogen) atoms. The highest BCUT2D eigenvalue weighted by Gasteiger charge is 2.08. The summed E-state index contributed by atoms with van der Waals surface area (Å²) in [5, 5.41) is 6.79. The van der Waals surface area contributed by atoms with Crippen molar-refractivity contribution in [3.8, 4) is 0 Å². The third-order valence-electron chi connectivity index (χ3n) is 1.16. The van der Waals surface area contributed by atoms with Crippen LogP contribution in [0.15, 0.2) is 21.7 Å². The van der Waals surface area contributed by atoms with E-state index in [1.807, 2.05) is 0 Å². The van der Waals surface area contributed by atoms with Crippen LogP contribution in [0.2, 0.25) is 0 Å². The first-order chi connectivity index (χ1) is 4.61. The summed E-state index contributed by atoms with van der Waals surface area (Å²) in [6.45, 7) is 0. The molecule has 0 aromatic heterocycles. The standard InChI is InChI=1S/C6H5N2O2/c7-3-1-4(8)6(10)2-5(3)9/h1-2,7H,8H2/q+1/p+1. The molecule has 0 aliphatic rings. The molecule has 0 aliphatic heterocycles. The second-order valence-corrected chi connectivity index (χ2v) is 1.96. The Labute approximate surface area is 55.8 Å². The molecule has 1 aromatic rings. The van der Waals surface area contributed by atoms with Crippen LogP contribution in [-0.2, 0) is 0 Å². The summed E-state index contributed by atoms with van der Waals surface area (Å²) in [5.41, 5.74) is 2.60. The first-order valence-electron chi connectivity index (χ1n) is 2.67. The summed E-state index contributed by atoms with van der Waals surface area (Å²) in [7, 11) is 0. The lowest BCUT2D eigenvalue weighted by molar-refractivity contribution is -0.256. The summed E-state index contributed by atoms with van der Waals surface area (Å²) in [6.07, 6.45) is 0. The zero-order valence-electron chi connectivity index (χ0n) is 5.18. The lowest BCUT2D eigenvalue weighted by Crippen LogP contribution is -2.48. The van der Waals surface area contributed by atoms with E-state index in [0.29, 0.717) is 0 Å². The average Bonchev–Trinajstić information content (AvgIpc) is 1.84. The number of rotatable bonds is 0. The second-order valence-electron chi connectivity index (χ2n) is 1.96. The van der Waals surface area contributed by atoms with Gasteiger partial charge in [0.05, 0.1) is 0 Å². The summed E-state index contributed by atoms with van der Waals surface area (Å²) in [6, 6.07) is 2.05. The van der Waals surface area contributed by atoms with Crippen LogP contribution >= 0.6 is 0 Å². The summed E-state index contributed by atoms with van der Waals surface area (Å²) >= 11 is 0. The molecule has 0 unspecified atom stereocenters. The van der Waals surface area contributed by atoms with E-state index in [1.165, 1.54) is 6.07 Å². The molecule has 0 spiro atoms.